The van der Waals surface area contributed by atoms with Gasteiger partial charge in [-0.3, -0.25) is 4.79 Å². The van der Waals surface area contributed by atoms with Gasteiger partial charge in [-0.1, -0.05) is 12.1 Å². The van der Waals surface area contributed by atoms with Crippen molar-refractivity contribution in [3.8, 4) is 5.75 Å². The smallest absolute Gasteiger partial charge is 0.227 e. The maximum atomic E-state index is 12.4. The van der Waals surface area contributed by atoms with Crippen molar-refractivity contribution in [3.63, 3.8) is 0 Å². The Bertz CT molecular complexity index is 516. The number of hydrogen-bond acceptors (Lipinski definition) is 3. The van der Waals surface area contributed by atoms with Crippen LogP contribution in [-0.2, 0) is 11.2 Å². The van der Waals surface area contributed by atoms with Gasteiger partial charge < -0.3 is 15.0 Å². The summed E-state index contributed by atoms with van der Waals surface area (Å²) in [5.74, 6) is 1.16. The second-order valence-electron chi connectivity index (χ2n) is 6.87. The van der Waals surface area contributed by atoms with Gasteiger partial charge in [-0.25, -0.2) is 0 Å². The topological polar surface area (TPSA) is 41.6 Å². The summed E-state index contributed by atoms with van der Waals surface area (Å²) in [4.78, 5) is 14.8. The Labute approximate surface area is 132 Å². The lowest BCUT2D eigenvalue weighted by molar-refractivity contribution is -0.129. The van der Waals surface area contributed by atoms with E-state index in [1.54, 1.807) is 0 Å². The molecule has 0 radical (unpaired) electrons. The van der Waals surface area contributed by atoms with Gasteiger partial charge in [0.2, 0.25) is 5.91 Å². The van der Waals surface area contributed by atoms with Crippen molar-refractivity contribution in [3.05, 3.63) is 29.8 Å². The van der Waals surface area contributed by atoms with Gasteiger partial charge >= 0.3 is 0 Å². The third-order valence-corrected chi connectivity index (χ3v) is 4.82. The van der Waals surface area contributed by atoms with Crippen molar-refractivity contribution in [1.82, 2.24) is 10.2 Å². The summed E-state index contributed by atoms with van der Waals surface area (Å²) in [5.41, 5.74) is 1.14. The van der Waals surface area contributed by atoms with Crippen LogP contribution in [0.4, 0.5) is 0 Å². The monoisotopic (exact) mass is 302 g/mol. The minimum atomic E-state index is -0.0883. The minimum Gasteiger partial charge on any atom is -0.491 e. The predicted molar refractivity (Wildman–Crippen MR) is 87.0 cm³/mol. The van der Waals surface area contributed by atoms with Crippen LogP contribution in [-0.4, -0.2) is 43.1 Å². The number of ether oxygens (including phenoxy) is 1. The highest BCUT2D eigenvalue weighted by atomic mass is 16.5. The van der Waals surface area contributed by atoms with E-state index in [9.17, 15) is 4.79 Å². The quantitative estimate of drug-likeness (QED) is 0.876. The van der Waals surface area contributed by atoms with Crippen LogP contribution in [0, 0.1) is 5.41 Å². The van der Waals surface area contributed by atoms with Crippen LogP contribution < -0.4 is 10.1 Å². The Hall–Kier alpha value is -1.55. The molecule has 120 valence electrons. The SMILES string of the molecule is CC(C)Oc1ccc(CCNC(=O)C23CCN(CC2)C3)cc1. The first-order chi connectivity index (χ1) is 10.6. The van der Waals surface area contributed by atoms with Crippen molar-refractivity contribution < 1.29 is 9.53 Å². The lowest BCUT2D eigenvalue weighted by atomic mass is 9.83. The molecule has 0 aliphatic carbocycles. The van der Waals surface area contributed by atoms with E-state index in [0.29, 0.717) is 6.54 Å². The molecule has 0 saturated carbocycles. The summed E-state index contributed by atoms with van der Waals surface area (Å²) in [5, 5.41) is 3.14. The van der Waals surface area contributed by atoms with E-state index in [1.807, 2.05) is 26.0 Å². The van der Waals surface area contributed by atoms with E-state index in [4.69, 9.17) is 4.74 Å². The standard InChI is InChI=1S/C18H26N2O2/c1-14(2)22-16-5-3-15(4-6-16)7-10-19-17(21)18-8-11-20(13-18)12-9-18/h3-6,14H,7-13H2,1-2H3,(H,19,21). The maximum Gasteiger partial charge on any atom is 0.227 e. The lowest BCUT2D eigenvalue weighted by Gasteiger charge is -2.23. The van der Waals surface area contributed by atoms with Gasteiger partial charge in [0.25, 0.3) is 0 Å². The molecule has 2 aliphatic rings. The van der Waals surface area contributed by atoms with Crippen LogP contribution in [0.1, 0.15) is 32.3 Å². The van der Waals surface area contributed by atoms with Crippen LogP contribution in [0.3, 0.4) is 0 Å². The minimum absolute atomic E-state index is 0.0883. The molecule has 2 heterocycles. The average Bonchev–Trinajstić information content (AvgIpc) is 3.10. The molecular formula is C18H26N2O2. The van der Waals surface area contributed by atoms with E-state index in [1.165, 1.54) is 5.56 Å². The molecule has 2 saturated heterocycles. The number of fused-ring (bicyclic) bond motifs is 2. The Balaban J connectivity index is 1.46. The van der Waals surface area contributed by atoms with Crippen LogP contribution in [0.2, 0.25) is 0 Å². The summed E-state index contributed by atoms with van der Waals surface area (Å²) < 4.78 is 5.64. The molecule has 3 rings (SSSR count). The van der Waals surface area contributed by atoms with E-state index >= 15 is 0 Å². The van der Waals surface area contributed by atoms with Crippen LogP contribution in [0.5, 0.6) is 5.75 Å². The number of amides is 1. The highest BCUT2D eigenvalue weighted by Crippen LogP contribution is 2.40. The third-order valence-electron chi connectivity index (χ3n) is 4.82. The third kappa shape index (κ3) is 3.27. The van der Waals surface area contributed by atoms with Gasteiger partial charge in [-0.05, 0) is 63.9 Å². The largest absolute Gasteiger partial charge is 0.491 e. The predicted octanol–water partition coefficient (Wildman–Crippen LogP) is 2.23. The molecule has 4 nitrogen and oxygen atoms in total. The van der Waals surface area contributed by atoms with Crippen molar-refractivity contribution in [2.75, 3.05) is 26.2 Å². The number of carbonyl (C=O) groups excluding carboxylic acids is 1. The van der Waals surface area contributed by atoms with Crippen LogP contribution >= 0.6 is 0 Å². The van der Waals surface area contributed by atoms with Gasteiger partial charge in [-0.2, -0.15) is 0 Å². The molecule has 1 N–H and O–H groups in total. The number of carbonyl (C=O) groups is 1. The molecule has 0 unspecified atom stereocenters. The van der Waals surface area contributed by atoms with E-state index in [-0.39, 0.29) is 17.4 Å². The fourth-order valence-corrected chi connectivity index (χ4v) is 3.54. The zero-order valence-corrected chi connectivity index (χ0v) is 13.6. The lowest BCUT2D eigenvalue weighted by Crippen LogP contribution is -2.41. The van der Waals surface area contributed by atoms with Crippen molar-refractivity contribution >= 4 is 5.91 Å². The molecule has 1 amide bonds. The molecule has 0 atom stereocenters. The van der Waals surface area contributed by atoms with E-state index in [2.05, 4.69) is 22.3 Å². The summed E-state index contributed by atoms with van der Waals surface area (Å²) in [7, 11) is 0. The first-order valence-corrected chi connectivity index (χ1v) is 8.34. The molecule has 4 heteroatoms. The Kier molecular flexibility index (Phi) is 4.39. The molecular weight excluding hydrogens is 276 g/mol. The Morgan fingerprint density at radius 1 is 1.27 bits per heavy atom. The molecule has 1 aromatic rings. The van der Waals surface area contributed by atoms with Gasteiger partial charge in [0.05, 0.1) is 11.5 Å². The highest BCUT2D eigenvalue weighted by molar-refractivity contribution is 5.83. The van der Waals surface area contributed by atoms with Crippen LogP contribution in [0.25, 0.3) is 0 Å². The number of piperidine rings is 1. The zero-order chi connectivity index (χ0) is 15.6. The highest BCUT2D eigenvalue weighted by Gasteiger charge is 2.48. The summed E-state index contributed by atoms with van der Waals surface area (Å²) in [6.45, 7) is 7.90. The number of hydrogen-bond donors (Lipinski definition) is 1. The van der Waals surface area contributed by atoms with Crippen molar-refractivity contribution in [1.29, 1.82) is 0 Å². The number of rotatable bonds is 6. The maximum absolute atomic E-state index is 12.4. The molecule has 2 bridgehead atoms. The summed E-state index contributed by atoms with van der Waals surface area (Å²) >= 11 is 0. The van der Waals surface area contributed by atoms with Crippen molar-refractivity contribution in [2.24, 2.45) is 5.41 Å². The number of benzene rings is 1. The van der Waals surface area contributed by atoms with E-state index in [0.717, 1.165) is 44.6 Å². The molecule has 1 aromatic carbocycles. The first-order valence-electron chi connectivity index (χ1n) is 8.34. The number of nitrogens with one attached hydrogen (secondary N) is 1. The van der Waals surface area contributed by atoms with Gasteiger partial charge in [0, 0.05) is 13.1 Å². The van der Waals surface area contributed by atoms with Crippen LogP contribution in [0.15, 0.2) is 24.3 Å². The molecule has 0 aromatic heterocycles. The molecule has 0 spiro atoms. The Morgan fingerprint density at radius 3 is 2.50 bits per heavy atom. The normalized spacial score (nSPS) is 26.4. The Morgan fingerprint density at radius 2 is 1.95 bits per heavy atom. The van der Waals surface area contributed by atoms with E-state index < -0.39 is 0 Å². The summed E-state index contributed by atoms with van der Waals surface area (Å²) in [6.07, 6.45) is 3.12. The van der Waals surface area contributed by atoms with Gasteiger partial charge in [0.15, 0.2) is 0 Å². The molecule has 2 fully saturated rings. The second kappa shape index (κ2) is 6.29. The average molecular weight is 302 g/mol. The van der Waals surface area contributed by atoms with Gasteiger partial charge in [0.1, 0.15) is 5.75 Å². The second-order valence-corrected chi connectivity index (χ2v) is 6.87. The van der Waals surface area contributed by atoms with Gasteiger partial charge in [-0.15, -0.1) is 0 Å². The first kappa shape index (κ1) is 15.3. The number of nitrogens with zero attached hydrogens (tertiary/aromatic N) is 1. The molecule has 2 aliphatic heterocycles. The molecule has 22 heavy (non-hydrogen) atoms. The van der Waals surface area contributed by atoms with Crippen molar-refractivity contribution in [2.45, 2.75) is 39.2 Å². The fourth-order valence-electron chi connectivity index (χ4n) is 3.54. The fraction of sp³-hybridized carbons (Fsp3) is 0.611. The summed E-state index contributed by atoms with van der Waals surface area (Å²) in [6, 6.07) is 8.16. The zero-order valence-electron chi connectivity index (χ0n) is 13.6.